The van der Waals surface area contributed by atoms with Gasteiger partial charge in [-0.05, 0) is 31.8 Å². The van der Waals surface area contributed by atoms with E-state index in [9.17, 15) is 0 Å². The van der Waals surface area contributed by atoms with Crippen molar-refractivity contribution in [1.29, 1.82) is 0 Å². The lowest BCUT2D eigenvalue weighted by molar-refractivity contribution is 0.0900. The van der Waals surface area contributed by atoms with Crippen molar-refractivity contribution in [2.45, 2.75) is 19.4 Å². The number of hydrogen-bond acceptors (Lipinski definition) is 4. The molecule has 0 saturated carbocycles. The van der Waals surface area contributed by atoms with Crippen LogP contribution < -0.4 is 0 Å². The maximum atomic E-state index is 5.40. The first kappa shape index (κ1) is 10.3. The lowest BCUT2D eigenvalue weighted by Crippen LogP contribution is -2.18. The van der Waals surface area contributed by atoms with Gasteiger partial charge < -0.3 is 9.47 Å². The Morgan fingerprint density at radius 1 is 1.75 bits per heavy atom. The summed E-state index contributed by atoms with van der Waals surface area (Å²) >= 11 is 6.41. The largest absolute Gasteiger partial charge is 0.478 e. The molecule has 0 spiro atoms. The monoisotopic (exact) mass is 206 g/mol. The van der Waals surface area contributed by atoms with E-state index in [-0.39, 0.29) is 0 Å². The summed E-state index contributed by atoms with van der Waals surface area (Å²) in [6.07, 6.45) is 3.35. The molecule has 1 heterocycles. The molecule has 0 N–H and O–H groups in total. The van der Waals surface area contributed by atoms with E-state index in [0.717, 1.165) is 13.0 Å². The van der Waals surface area contributed by atoms with Gasteiger partial charge in [0.25, 0.3) is 0 Å². The lowest BCUT2D eigenvalue weighted by Gasteiger charge is -2.14. The second kappa shape index (κ2) is 5.04. The fourth-order valence-electron chi connectivity index (χ4n) is 1.23. The molecular weight excluding hydrogens is 192 g/mol. The molecule has 1 rings (SSSR count). The van der Waals surface area contributed by atoms with Crippen molar-refractivity contribution in [2.75, 3.05) is 19.5 Å². The predicted octanol–water partition coefficient (Wildman–Crippen LogP) is 2.08. The highest BCUT2D eigenvalue weighted by Gasteiger charge is 2.24. The van der Waals surface area contributed by atoms with Gasteiger partial charge in [0.1, 0.15) is 0 Å². The van der Waals surface area contributed by atoms with Crippen molar-refractivity contribution in [1.82, 2.24) is 0 Å². The van der Waals surface area contributed by atoms with E-state index >= 15 is 0 Å². The zero-order valence-corrected chi connectivity index (χ0v) is 9.04. The number of rotatable bonds is 2. The number of thioether (sulfide) groups is 1. The molecule has 4 heteroatoms. The first-order valence-corrected chi connectivity index (χ1v) is 5.69. The Hall–Kier alpha value is 0.200. The maximum Gasteiger partial charge on any atom is 0.219 e. The van der Waals surface area contributed by atoms with Gasteiger partial charge in [0.05, 0.1) is 12.7 Å². The molecule has 0 aromatic heterocycles. The molecule has 1 aliphatic rings. The predicted molar refractivity (Wildman–Crippen MR) is 55.6 cm³/mol. The van der Waals surface area contributed by atoms with Crippen molar-refractivity contribution in [3.05, 3.63) is 0 Å². The molecule has 70 valence electrons. The van der Waals surface area contributed by atoms with Crippen LogP contribution in [0.2, 0.25) is 0 Å². The summed E-state index contributed by atoms with van der Waals surface area (Å²) in [4.78, 5) is 0. The summed E-state index contributed by atoms with van der Waals surface area (Å²) in [5, 5.41) is 0. The zero-order chi connectivity index (χ0) is 8.97. The van der Waals surface area contributed by atoms with Gasteiger partial charge in [-0.3, -0.25) is 0 Å². The standard InChI is InChI=1S/C8H14O2S2/c1-6-7(3-4-9-6)5-10-8(11)12-2/h6-7H,3-5H2,1-2H3. The molecule has 0 bridgehead atoms. The van der Waals surface area contributed by atoms with E-state index in [4.69, 9.17) is 21.7 Å². The van der Waals surface area contributed by atoms with Gasteiger partial charge in [0.2, 0.25) is 4.38 Å². The van der Waals surface area contributed by atoms with Crippen molar-refractivity contribution >= 4 is 28.4 Å². The van der Waals surface area contributed by atoms with Gasteiger partial charge in [-0.2, -0.15) is 0 Å². The lowest BCUT2D eigenvalue weighted by atomic mass is 10.0. The molecule has 2 atom stereocenters. The van der Waals surface area contributed by atoms with Crippen molar-refractivity contribution in [2.24, 2.45) is 5.92 Å². The van der Waals surface area contributed by atoms with Crippen molar-refractivity contribution < 1.29 is 9.47 Å². The average Bonchev–Trinajstić information content (AvgIpc) is 2.47. The van der Waals surface area contributed by atoms with Gasteiger partial charge >= 0.3 is 0 Å². The van der Waals surface area contributed by atoms with Gasteiger partial charge in [-0.25, -0.2) is 0 Å². The van der Waals surface area contributed by atoms with E-state index in [1.807, 2.05) is 6.26 Å². The second-order valence-corrected chi connectivity index (χ2v) is 4.30. The molecule has 0 aromatic carbocycles. The third-order valence-corrected chi connectivity index (χ3v) is 3.18. The van der Waals surface area contributed by atoms with Gasteiger partial charge in [-0.15, -0.1) is 0 Å². The van der Waals surface area contributed by atoms with Crippen LogP contribution in [-0.2, 0) is 9.47 Å². The third-order valence-electron chi connectivity index (χ3n) is 2.12. The fraction of sp³-hybridized carbons (Fsp3) is 0.875. The highest BCUT2D eigenvalue weighted by molar-refractivity contribution is 8.22. The molecule has 2 nitrogen and oxygen atoms in total. The maximum absolute atomic E-state index is 5.40. The van der Waals surface area contributed by atoms with E-state index in [0.29, 0.717) is 23.0 Å². The molecule has 0 aromatic rings. The summed E-state index contributed by atoms with van der Waals surface area (Å²) in [5.74, 6) is 0.523. The Balaban J connectivity index is 2.18. The Bertz CT molecular complexity index is 161. The summed E-state index contributed by atoms with van der Waals surface area (Å²) in [5.41, 5.74) is 0. The number of hydrogen-bond donors (Lipinski definition) is 0. The smallest absolute Gasteiger partial charge is 0.219 e. The van der Waals surface area contributed by atoms with Crippen LogP contribution in [0.1, 0.15) is 13.3 Å². The fourth-order valence-corrected chi connectivity index (χ4v) is 1.48. The van der Waals surface area contributed by atoms with Crippen LogP contribution in [0.4, 0.5) is 0 Å². The molecule has 0 amide bonds. The molecule has 1 aliphatic heterocycles. The minimum Gasteiger partial charge on any atom is -0.478 e. The number of ether oxygens (including phenoxy) is 2. The highest BCUT2D eigenvalue weighted by Crippen LogP contribution is 2.21. The van der Waals surface area contributed by atoms with E-state index < -0.39 is 0 Å². The van der Waals surface area contributed by atoms with Crippen LogP contribution in [0.5, 0.6) is 0 Å². The SMILES string of the molecule is CSC(=S)OCC1CCOC1C. The van der Waals surface area contributed by atoms with E-state index in [1.54, 1.807) is 0 Å². The van der Waals surface area contributed by atoms with Gasteiger partial charge in [0, 0.05) is 12.5 Å². The molecule has 12 heavy (non-hydrogen) atoms. The second-order valence-electron chi connectivity index (χ2n) is 2.89. The summed E-state index contributed by atoms with van der Waals surface area (Å²) < 4.78 is 11.4. The Labute approximate surface area is 83.0 Å². The minimum atomic E-state index is 0.328. The quantitative estimate of drug-likeness (QED) is 0.644. The summed E-state index contributed by atoms with van der Waals surface area (Å²) in [6, 6.07) is 0. The normalized spacial score (nSPS) is 28.8. The molecule has 2 unspecified atom stereocenters. The third kappa shape index (κ3) is 2.92. The van der Waals surface area contributed by atoms with E-state index in [1.165, 1.54) is 11.8 Å². The van der Waals surface area contributed by atoms with Crippen LogP contribution in [0.15, 0.2) is 0 Å². The molecular formula is C8H14O2S2. The van der Waals surface area contributed by atoms with E-state index in [2.05, 4.69) is 6.92 Å². The molecule has 0 radical (unpaired) electrons. The first-order chi connectivity index (χ1) is 5.74. The van der Waals surface area contributed by atoms with Crippen molar-refractivity contribution in [3.63, 3.8) is 0 Å². The van der Waals surface area contributed by atoms with Crippen LogP contribution >= 0.6 is 24.0 Å². The topological polar surface area (TPSA) is 18.5 Å². The highest BCUT2D eigenvalue weighted by atomic mass is 32.2. The summed E-state index contributed by atoms with van der Waals surface area (Å²) in [6.45, 7) is 3.66. The summed E-state index contributed by atoms with van der Waals surface area (Å²) in [7, 11) is 0. The minimum absolute atomic E-state index is 0.328. The average molecular weight is 206 g/mol. The number of thiocarbonyl (C=S) groups is 1. The van der Waals surface area contributed by atoms with Crippen LogP contribution in [-0.4, -0.2) is 30.0 Å². The Morgan fingerprint density at radius 3 is 3.00 bits per heavy atom. The Morgan fingerprint density at radius 2 is 2.50 bits per heavy atom. The van der Waals surface area contributed by atoms with Crippen LogP contribution in [0, 0.1) is 5.92 Å². The molecule has 1 saturated heterocycles. The molecule has 0 aliphatic carbocycles. The Kier molecular flexibility index (Phi) is 4.32. The van der Waals surface area contributed by atoms with Gasteiger partial charge in [-0.1, -0.05) is 11.8 Å². The molecule has 1 fully saturated rings. The van der Waals surface area contributed by atoms with Crippen LogP contribution in [0.3, 0.4) is 0 Å². The first-order valence-electron chi connectivity index (χ1n) is 4.06. The van der Waals surface area contributed by atoms with Gasteiger partial charge in [0.15, 0.2) is 0 Å². The van der Waals surface area contributed by atoms with Crippen molar-refractivity contribution in [3.8, 4) is 0 Å². The van der Waals surface area contributed by atoms with Crippen LogP contribution in [0.25, 0.3) is 0 Å². The zero-order valence-electron chi connectivity index (χ0n) is 7.41.